The molecule has 1 nitrogen and oxygen atoms in total. The zero-order chi connectivity index (χ0) is 11.6. The zero-order valence-corrected chi connectivity index (χ0v) is 9.58. The van der Waals surface area contributed by atoms with Gasteiger partial charge in [0.1, 0.15) is 12.5 Å². The molecule has 0 saturated heterocycles. The molecule has 0 radical (unpaired) electrons. The maximum atomic E-state index is 14.1. The van der Waals surface area contributed by atoms with Crippen molar-refractivity contribution in [1.29, 1.82) is 0 Å². The van der Waals surface area contributed by atoms with E-state index in [0.29, 0.717) is 12.8 Å². The van der Waals surface area contributed by atoms with E-state index >= 15 is 0 Å². The molecule has 0 heterocycles. The van der Waals surface area contributed by atoms with Crippen LogP contribution in [0.2, 0.25) is 0 Å². The van der Waals surface area contributed by atoms with Crippen LogP contribution in [0.15, 0.2) is 24.3 Å². The Hall–Kier alpha value is -1.18. The Bertz CT molecular complexity index is 371. The number of rotatable bonds is 2. The van der Waals surface area contributed by atoms with Gasteiger partial charge in [-0.25, -0.2) is 4.39 Å². The van der Waals surface area contributed by atoms with E-state index in [2.05, 4.69) is 0 Å². The van der Waals surface area contributed by atoms with Crippen LogP contribution in [-0.2, 0) is 10.2 Å². The average molecular weight is 220 g/mol. The molecular weight excluding hydrogens is 203 g/mol. The molecule has 16 heavy (non-hydrogen) atoms. The smallest absolute Gasteiger partial charge is 0.133 e. The van der Waals surface area contributed by atoms with Gasteiger partial charge in [0.25, 0.3) is 0 Å². The van der Waals surface area contributed by atoms with Crippen molar-refractivity contribution in [3.05, 3.63) is 35.4 Å². The summed E-state index contributed by atoms with van der Waals surface area (Å²) in [6, 6.07) is 7.67. The van der Waals surface area contributed by atoms with Gasteiger partial charge in [0.15, 0.2) is 0 Å². The van der Waals surface area contributed by atoms with Crippen molar-refractivity contribution in [2.24, 2.45) is 0 Å². The molecule has 1 fully saturated rings. The molecule has 1 aromatic rings. The third kappa shape index (κ3) is 1.77. The molecule has 2 atom stereocenters. The lowest BCUT2D eigenvalue weighted by Gasteiger charge is -2.35. The SMILES string of the molecule is Cc1ccc([C@@]2(C=O)CCCC[C@@H]2F)cc1. The fraction of sp³-hybridized carbons (Fsp3) is 0.500. The van der Waals surface area contributed by atoms with Crippen molar-refractivity contribution < 1.29 is 9.18 Å². The van der Waals surface area contributed by atoms with E-state index in [1.165, 1.54) is 0 Å². The third-order valence-electron chi connectivity index (χ3n) is 3.66. The molecule has 0 unspecified atom stereocenters. The van der Waals surface area contributed by atoms with Crippen molar-refractivity contribution in [2.45, 2.75) is 44.2 Å². The predicted octanol–water partition coefficient (Wildman–Crippen LogP) is 3.34. The molecule has 86 valence electrons. The number of carbonyl (C=O) groups excluding carboxylic acids is 1. The molecule has 0 N–H and O–H groups in total. The number of halogens is 1. The Morgan fingerprint density at radius 3 is 2.56 bits per heavy atom. The predicted molar refractivity (Wildman–Crippen MR) is 62.3 cm³/mol. The van der Waals surface area contributed by atoms with E-state index in [4.69, 9.17) is 0 Å². The summed E-state index contributed by atoms with van der Waals surface area (Å²) in [5, 5.41) is 0. The number of aldehydes is 1. The molecule has 0 aliphatic heterocycles. The Labute approximate surface area is 95.7 Å². The Balaban J connectivity index is 2.39. The number of carbonyl (C=O) groups is 1. The molecular formula is C14H17FO. The Kier molecular flexibility index (Phi) is 3.08. The van der Waals surface area contributed by atoms with Gasteiger partial charge in [-0.2, -0.15) is 0 Å². The van der Waals surface area contributed by atoms with E-state index in [1.54, 1.807) is 0 Å². The Morgan fingerprint density at radius 1 is 1.31 bits per heavy atom. The summed E-state index contributed by atoms with van der Waals surface area (Å²) < 4.78 is 14.1. The van der Waals surface area contributed by atoms with Gasteiger partial charge in [0, 0.05) is 0 Å². The molecule has 1 aliphatic carbocycles. The molecule has 0 aromatic heterocycles. The van der Waals surface area contributed by atoms with Crippen LogP contribution >= 0.6 is 0 Å². The highest BCUT2D eigenvalue weighted by molar-refractivity contribution is 5.70. The first-order chi connectivity index (χ1) is 7.69. The monoisotopic (exact) mass is 220 g/mol. The van der Waals surface area contributed by atoms with Crippen LogP contribution in [0.1, 0.15) is 36.8 Å². The lowest BCUT2D eigenvalue weighted by Crippen LogP contribution is -2.41. The van der Waals surface area contributed by atoms with E-state index in [1.807, 2.05) is 31.2 Å². The van der Waals surface area contributed by atoms with Crippen LogP contribution in [-0.4, -0.2) is 12.5 Å². The number of hydrogen-bond donors (Lipinski definition) is 0. The summed E-state index contributed by atoms with van der Waals surface area (Å²) >= 11 is 0. The first kappa shape index (κ1) is 11.3. The lowest BCUT2D eigenvalue weighted by atomic mass is 9.69. The molecule has 1 aromatic carbocycles. The molecule has 2 rings (SSSR count). The largest absolute Gasteiger partial charge is 0.302 e. The minimum atomic E-state index is -1.03. The van der Waals surface area contributed by atoms with Crippen molar-refractivity contribution >= 4 is 6.29 Å². The molecule has 0 bridgehead atoms. The van der Waals surface area contributed by atoms with E-state index in [9.17, 15) is 9.18 Å². The van der Waals surface area contributed by atoms with Gasteiger partial charge in [-0.05, 0) is 25.3 Å². The standard InChI is InChI=1S/C14H17FO/c1-11-5-7-12(8-6-11)14(10-16)9-3-2-4-13(14)15/h5-8,10,13H,2-4,9H2,1H3/t13-,14-/m0/s1. The van der Waals surface area contributed by atoms with E-state index in [-0.39, 0.29) is 0 Å². The first-order valence-electron chi connectivity index (χ1n) is 5.86. The summed E-state index contributed by atoms with van der Waals surface area (Å²) in [4.78, 5) is 11.3. The first-order valence-corrected chi connectivity index (χ1v) is 5.86. The Morgan fingerprint density at radius 2 is 2.00 bits per heavy atom. The van der Waals surface area contributed by atoms with Crippen LogP contribution < -0.4 is 0 Å². The van der Waals surface area contributed by atoms with Gasteiger partial charge in [-0.15, -0.1) is 0 Å². The molecule has 1 aliphatic rings. The normalized spacial score (nSPS) is 30.0. The number of hydrogen-bond acceptors (Lipinski definition) is 1. The number of benzene rings is 1. The van der Waals surface area contributed by atoms with Crippen LogP contribution in [0, 0.1) is 6.92 Å². The van der Waals surface area contributed by atoms with Gasteiger partial charge in [0.2, 0.25) is 0 Å². The maximum Gasteiger partial charge on any atom is 0.133 e. The van der Waals surface area contributed by atoms with E-state index < -0.39 is 11.6 Å². The summed E-state index contributed by atoms with van der Waals surface area (Å²) in [5.41, 5.74) is 1.09. The highest BCUT2D eigenvalue weighted by Crippen LogP contribution is 2.39. The fourth-order valence-corrected chi connectivity index (χ4v) is 2.55. The number of aryl methyl sites for hydroxylation is 1. The highest BCUT2D eigenvalue weighted by Gasteiger charge is 2.42. The number of alkyl halides is 1. The maximum absolute atomic E-state index is 14.1. The zero-order valence-electron chi connectivity index (χ0n) is 9.58. The van der Waals surface area contributed by atoms with Crippen molar-refractivity contribution in [3.8, 4) is 0 Å². The van der Waals surface area contributed by atoms with Crippen LogP contribution in [0.25, 0.3) is 0 Å². The highest BCUT2D eigenvalue weighted by atomic mass is 19.1. The van der Waals surface area contributed by atoms with Gasteiger partial charge >= 0.3 is 0 Å². The van der Waals surface area contributed by atoms with Gasteiger partial charge in [0.05, 0.1) is 5.41 Å². The van der Waals surface area contributed by atoms with Crippen molar-refractivity contribution in [3.63, 3.8) is 0 Å². The van der Waals surface area contributed by atoms with Crippen LogP contribution in [0.3, 0.4) is 0 Å². The van der Waals surface area contributed by atoms with Crippen LogP contribution in [0.4, 0.5) is 4.39 Å². The van der Waals surface area contributed by atoms with Crippen molar-refractivity contribution in [2.75, 3.05) is 0 Å². The second kappa shape index (κ2) is 4.36. The van der Waals surface area contributed by atoms with Gasteiger partial charge < -0.3 is 4.79 Å². The minimum Gasteiger partial charge on any atom is -0.302 e. The molecule has 0 amide bonds. The summed E-state index contributed by atoms with van der Waals surface area (Å²) in [6.07, 6.45) is 2.77. The second-order valence-electron chi connectivity index (χ2n) is 4.74. The van der Waals surface area contributed by atoms with Gasteiger partial charge in [-0.3, -0.25) is 0 Å². The minimum absolute atomic E-state index is 0.507. The summed E-state index contributed by atoms with van der Waals surface area (Å²) in [6.45, 7) is 1.99. The summed E-state index contributed by atoms with van der Waals surface area (Å²) in [5.74, 6) is 0. The molecule has 1 saturated carbocycles. The topological polar surface area (TPSA) is 17.1 Å². The third-order valence-corrected chi connectivity index (χ3v) is 3.66. The molecule has 2 heteroatoms. The summed E-state index contributed by atoms with van der Waals surface area (Å²) in [7, 11) is 0. The molecule has 0 spiro atoms. The lowest BCUT2D eigenvalue weighted by molar-refractivity contribution is -0.116. The average Bonchev–Trinajstić information content (AvgIpc) is 2.31. The van der Waals surface area contributed by atoms with E-state index in [0.717, 1.165) is 30.3 Å². The van der Waals surface area contributed by atoms with Crippen molar-refractivity contribution in [1.82, 2.24) is 0 Å². The van der Waals surface area contributed by atoms with Gasteiger partial charge in [-0.1, -0.05) is 42.7 Å². The van der Waals surface area contributed by atoms with Crippen LogP contribution in [0.5, 0.6) is 0 Å². The quantitative estimate of drug-likeness (QED) is 0.698. The fourth-order valence-electron chi connectivity index (χ4n) is 2.55. The second-order valence-corrected chi connectivity index (χ2v) is 4.74.